The summed E-state index contributed by atoms with van der Waals surface area (Å²) in [7, 11) is -1.14. The molecule has 240 valence electrons. The molecule has 0 amide bonds. The summed E-state index contributed by atoms with van der Waals surface area (Å²) < 4.78 is 19.5. The molecule has 45 heavy (non-hydrogen) atoms. The second kappa shape index (κ2) is 12.1. The Bertz CT molecular complexity index is 1430. The van der Waals surface area contributed by atoms with Gasteiger partial charge in [0.25, 0.3) is 8.32 Å². The molecule has 0 bridgehead atoms. The van der Waals surface area contributed by atoms with Crippen molar-refractivity contribution in [2.24, 2.45) is 16.7 Å². The summed E-state index contributed by atoms with van der Waals surface area (Å²) in [4.78, 5) is 14.0. The molecule has 3 aromatic rings. The largest absolute Gasteiger partial charge is 0.497 e. The van der Waals surface area contributed by atoms with Crippen molar-refractivity contribution in [3.05, 3.63) is 90.5 Å². The Morgan fingerprint density at radius 3 is 2.07 bits per heavy atom. The van der Waals surface area contributed by atoms with Gasteiger partial charge >= 0.3 is 0 Å². The number of Topliss-reactive ketones (excluding diaryl/α,β-unsaturated/α-hetero) is 1. The van der Waals surface area contributed by atoms with Crippen molar-refractivity contribution >= 4 is 24.5 Å². The zero-order chi connectivity index (χ0) is 31.9. The van der Waals surface area contributed by atoms with Crippen LogP contribution in [0.2, 0.25) is 5.04 Å². The highest BCUT2D eigenvalue weighted by Gasteiger charge is 2.70. The van der Waals surface area contributed by atoms with Gasteiger partial charge in [-0.3, -0.25) is 4.79 Å². The van der Waals surface area contributed by atoms with Crippen molar-refractivity contribution in [3.8, 4) is 5.75 Å². The maximum absolute atomic E-state index is 14.0. The third kappa shape index (κ3) is 5.32. The summed E-state index contributed by atoms with van der Waals surface area (Å²) in [6, 6.07) is 29.4. The van der Waals surface area contributed by atoms with Crippen molar-refractivity contribution in [1.82, 2.24) is 0 Å². The maximum Gasteiger partial charge on any atom is 0.261 e. The van der Waals surface area contributed by atoms with Gasteiger partial charge in [-0.2, -0.15) is 0 Å². The minimum Gasteiger partial charge on any atom is -0.497 e. The molecule has 0 radical (unpaired) electrons. The van der Waals surface area contributed by atoms with E-state index in [1.807, 2.05) is 24.3 Å². The molecule has 0 unspecified atom stereocenters. The molecule has 0 heterocycles. The lowest BCUT2D eigenvalue weighted by Crippen LogP contribution is -2.70. The zero-order valence-electron chi connectivity index (χ0n) is 27.7. The monoisotopic (exact) mass is 626 g/mol. The number of benzene rings is 3. The number of aliphatic hydroxyl groups is 1. The summed E-state index contributed by atoms with van der Waals surface area (Å²) in [6.45, 7) is 10.0. The number of fused-ring (bicyclic) bond motifs is 3. The van der Waals surface area contributed by atoms with Crippen LogP contribution in [0.25, 0.3) is 0 Å². The molecule has 0 aromatic heterocycles. The minimum atomic E-state index is -2.80. The predicted molar refractivity (Wildman–Crippen MR) is 181 cm³/mol. The van der Waals surface area contributed by atoms with Gasteiger partial charge in [0.15, 0.2) is 0 Å². The van der Waals surface area contributed by atoms with E-state index in [0.29, 0.717) is 26.1 Å². The number of carbonyl (C=O) groups is 1. The molecular formula is C39H50O5Si. The Morgan fingerprint density at radius 2 is 1.49 bits per heavy atom. The van der Waals surface area contributed by atoms with Gasteiger partial charge in [0.2, 0.25) is 0 Å². The Hall–Kier alpha value is -2.77. The molecule has 3 fully saturated rings. The second-order valence-corrected chi connectivity index (χ2v) is 19.4. The first-order valence-electron chi connectivity index (χ1n) is 16.7. The molecule has 5 atom stereocenters. The molecule has 0 aliphatic heterocycles. The van der Waals surface area contributed by atoms with Crippen molar-refractivity contribution in [1.29, 1.82) is 0 Å². The number of carbonyl (C=O) groups excluding carboxylic acids is 1. The van der Waals surface area contributed by atoms with E-state index in [1.54, 1.807) is 7.11 Å². The molecule has 1 N–H and O–H groups in total. The summed E-state index contributed by atoms with van der Waals surface area (Å²) in [5.74, 6) is 0.570. The van der Waals surface area contributed by atoms with Crippen molar-refractivity contribution in [2.75, 3.05) is 13.7 Å². The smallest absolute Gasteiger partial charge is 0.261 e. The van der Waals surface area contributed by atoms with Gasteiger partial charge in [0.05, 0.1) is 31.3 Å². The third-order valence-electron chi connectivity index (χ3n) is 11.8. The Labute approximate surface area is 270 Å². The quantitative estimate of drug-likeness (QED) is 0.264. The highest BCUT2D eigenvalue weighted by Crippen LogP contribution is 2.65. The van der Waals surface area contributed by atoms with Crippen LogP contribution in [0.3, 0.4) is 0 Å². The number of ketones is 1. The van der Waals surface area contributed by atoms with Gasteiger partial charge in [-0.25, -0.2) is 0 Å². The Morgan fingerprint density at radius 1 is 0.867 bits per heavy atom. The molecule has 6 rings (SSSR count). The second-order valence-electron chi connectivity index (χ2n) is 15.1. The van der Waals surface area contributed by atoms with E-state index in [2.05, 4.69) is 88.4 Å². The molecule has 0 saturated heterocycles. The zero-order valence-corrected chi connectivity index (χ0v) is 28.7. The van der Waals surface area contributed by atoms with Crippen molar-refractivity contribution in [3.63, 3.8) is 0 Å². The molecule has 3 aliphatic rings. The lowest BCUT2D eigenvalue weighted by atomic mass is 9.46. The van der Waals surface area contributed by atoms with Gasteiger partial charge in [-0.15, -0.1) is 0 Å². The average Bonchev–Trinajstić information content (AvgIpc) is 3.39. The molecule has 3 saturated carbocycles. The molecule has 0 spiro atoms. The molecular weight excluding hydrogens is 577 g/mol. The molecule has 5 nitrogen and oxygen atoms in total. The van der Waals surface area contributed by atoms with Crippen LogP contribution in [-0.4, -0.2) is 44.6 Å². The topological polar surface area (TPSA) is 65.0 Å². The van der Waals surface area contributed by atoms with Crippen LogP contribution in [0.15, 0.2) is 84.9 Å². The van der Waals surface area contributed by atoms with Crippen molar-refractivity contribution < 1.29 is 23.8 Å². The van der Waals surface area contributed by atoms with Gasteiger partial charge in [0.1, 0.15) is 11.5 Å². The molecule has 3 aromatic carbocycles. The van der Waals surface area contributed by atoms with E-state index >= 15 is 0 Å². The molecule has 6 heteroatoms. The van der Waals surface area contributed by atoms with Crippen LogP contribution in [0.4, 0.5) is 0 Å². The van der Waals surface area contributed by atoms with Crippen molar-refractivity contribution in [2.45, 2.75) is 96.0 Å². The van der Waals surface area contributed by atoms with Crippen LogP contribution in [0.5, 0.6) is 5.75 Å². The number of hydrogen-bond donors (Lipinski definition) is 1. The summed E-state index contributed by atoms with van der Waals surface area (Å²) in [5, 5.41) is 15.2. The number of ether oxygens (including phenoxy) is 2. The fourth-order valence-corrected chi connectivity index (χ4v) is 13.9. The van der Waals surface area contributed by atoms with E-state index in [0.717, 1.165) is 43.4 Å². The van der Waals surface area contributed by atoms with Gasteiger partial charge in [0, 0.05) is 23.9 Å². The van der Waals surface area contributed by atoms with Crippen LogP contribution in [0.1, 0.15) is 78.2 Å². The van der Waals surface area contributed by atoms with E-state index in [9.17, 15) is 9.90 Å². The molecule has 3 aliphatic carbocycles. The fraction of sp³-hybridized carbons (Fsp3) is 0.513. The summed E-state index contributed by atoms with van der Waals surface area (Å²) in [5.41, 5.74) is -0.954. The fourth-order valence-electron chi connectivity index (χ4n) is 9.27. The first kappa shape index (κ1) is 32.2. The Kier molecular flexibility index (Phi) is 8.66. The lowest BCUT2D eigenvalue weighted by molar-refractivity contribution is -0.249. The van der Waals surface area contributed by atoms with E-state index in [1.165, 1.54) is 10.4 Å². The van der Waals surface area contributed by atoms with Gasteiger partial charge in [-0.1, -0.05) is 100 Å². The SMILES string of the molecule is COc1ccc(CO[C@H]2CCC[C@@]3(O)[C@@H]4C(=O)CC[C@]4(CO[Si](c4ccccc4)(c4ccccc4)C(C)(C)C)CC[C@@]23C)cc1. The third-order valence-corrected chi connectivity index (χ3v) is 16.7. The van der Waals surface area contributed by atoms with Crippen LogP contribution < -0.4 is 15.1 Å². The standard InChI is InChI=1S/C39H50O5Si/c1-36(2,3)45(31-13-8-6-9-14-31,32-15-10-7-11-16-32)44-28-38-24-22-33(40)35(38)39(41)23-12-17-34(37(39,4)25-26-38)43-27-29-18-20-30(42-5)21-19-29/h6-11,13-16,18-21,34-35,41H,12,17,22-28H2,1-5H3/t34-,35+,37-,38+,39+/m0/s1. The number of methoxy groups -OCH3 is 1. The van der Waals surface area contributed by atoms with Crippen LogP contribution in [-0.2, 0) is 20.6 Å². The number of hydrogen-bond acceptors (Lipinski definition) is 5. The van der Waals surface area contributed by atoms with Crippen LogP contribution >= 0.6 is 0 Å². The first-order chi connectivity index (χ1) is 21.5. The van der Waals surface area contributed by atoms with E-state index in [4.69, 9.17) is 13.9 Å². The van der Waals surface area contributed by atoms with E-state index < -0.39 is 30.7 Å². The van der Waals surface area contributed by atoms with E-state index in [-0.39, 0.29) is 16.9 Å². The van der Waals surface area contributed by atoms with Crippen LogP contribution in [0, 0.1) is 16.7 Å². The summed E-state index contributed by atoms with van der Waals surface area (Å²) in [6.07, 6.45) is 5.17. The average molecular weight is 627 g/mol. The first-order valence-corrected chi connectivity index (χ1v) is 18.6. The normalized spacial score (nSPS) is 30.0. The van der Waals surface area contributed by atoms with Gasteiger partial charge in [-0.05, 0) is 71.6 Å². The Balaban J connectivity index is 1.32. The predicted octanol–water partition coefficient (Wildman–Crippen LogP) is 6.84. The highest BCUT2D eigenvalue weighted by molar-refractivity contribution is 6.99. The maximum atomic E-state index is 14.0. The van der Waals surface area contributed by atoms with Gasteiger partial charge < -0.3 is 19.0 Å². The minimum absolute atomic E-state index is 0.123. The summed E-state index contributed by atoms with van der Waals surface area (Å²) >= 11 is 0. The lowest BCUT2D eigenvalue weighted by Gasteiger charge is -2.62. The highest BCUT2D eigenvalue weighted by atomic mass is 28.4. The number of rotatable bonds is 9.